The summed E-state index contributed by atoms with van der Waals surface area (Å²) in [6, 6.07) is 14.4. The van der Waals surface area contributed by atoms with Gasteiger partial charge in [-0.05, 0) is 23.8 Å². The summed E-state index contributed by atoms with van der Waals surface area (Å²) in [5.41, 5.74) is 2.04. The van der Waals surface area contributed by atoms with Gasteiger partial charge < -0.3 is 4.74 Å². The van der Waals surface area contributed by atoms with Gasteiger partial charge >= 0.3 is 0 Å². The maximum atomic E-state index is 12.6. The van der Waals surface area contributed by atoms with Crippen LogP contribution in [0.3, 0.4) is 0 Å². The van der Waals surface area contributed by atoms with Crippen LogP contribution in [0.1, 0.15) is 5.56 Å². The van der Waals surface area contributed by atoms with E-state index in [1.807, 2.05) is 12.1 Å². The van der Waals surface area contributed by atoms with Crippen LogP contribution in [0.2, 0.25) is 0 Å². The van der Waals surface area contributed by atoms with Gasteiger partial charge in [-0.15, -0.1) is 0 Å². The number of sulfonamides is 1. The van der Waals surface area contributed by atoms with E-state index in [1.165, 1.54) is 0 Å². The molecule has 0 saturated carbocycles. The van der Waals surface area contributed by atoms with Crippen molar-refractivity contribution >= 4 is 32.5 Å². The van der Waals surface area contributed by atoms with Gasteiger partial charge in [-0.1, -0.05) is 30.3 Å². The van der Waals surface area contributed by atoms with Gasteiger partial charge in [0, 0.05) is 12.4 Å². The van der Waals surface area contributed by atoms with Crippen molar-refractivity contribution in [1.29, 1.82) is 0 Å². The summed E-state index contributed by atoms with van der Waals surface area (Å²) in [5, 5.41) is 0.784. The number of pyridine rings is 1. The second-order valence-corrected chi connectivity index (χ2v) is 7.49. The molecule has 132 valence electrons. The third kappa shape index (κ3) is 2.95. The lowest BCUT2D eigenvalue weighted by atomic mass is 10.2. The van der Waals surface area contributed by atoms with Crippen molar-refractivity contribution in [3.05, 3.63) is 66.5 Å². The molecule has 0 bridgehead atoms. The summed E-state index contributed by atoms with van der Waals surface area (Å²) in [6.45, 7) is 0. The molecule has 3 heterocycles. The number of hydrogen-bond acceptors (Lipinski definition) is 5. The molecule has 0 aliphatic carbocycles. The van der Waals surface area contributed by atoms with Crippen LogP contribution in [-0.2, 0) is 15.8 Å². The van der Waals surface area contributed by atoms with E-state index < -0.39 is 10.0 Å². The fourth-order valence-electron chi connectivity index (χ4n) is 2.90. The average molecular weight is 368 g/mol. The Bertz CT molecular complexity index is 1190. The van der Waals surface area contributed by atoms with Gasteiger partial charge in [-0.3, -0.25) is 9.12 Å². The molecule has 7 nitrogen and oxygen atoms in total. The molecule has 1 aromatic carbocycles. The molecule has 0 saturated heterocycles. The minimum atomic E-state index is -3.63. The van der Waals surface area contributed by atoms with E-state index in [-0.39, 0.29) is 11.7 Å². The predicted molar refractivity (Wildman–Crippen MR) is 99.7 cm³/mol. The second-order valence-electron chi connectivity index (χ2n) is 5.77. The Kier molecular flexibility index (Phi) is 3.96. The number of rotatable bonds is 5. The molecule has 0 spiro atoms. The van der Waals surface area contributed by atoms with Crippen LogP contribution in [0.15, 0.2) is 60.9 Å². The van der Waals surface area contributed by atoms with Gasteiger partial charge in [0.25, 0.3) is 0 Å². The van der Waals surface area contributed by atoms with Gasteiger partial charge in [-0.2, -0.15) is 0 Å². The third-order valence-corrected chi connectivity index (χ3v) is 5.22. The van der Waals surface area contributed by atoms with E-state index in [0.29, 0.717) is 17.0 Å². The minimum Gasteiger partial charge on any atom is -0.496 e. The van der Waals surface area contributed by atoms with Gasteiger partial charge in [0.1, 0.15) is 5.75 Å². The largest absolute Gasteiger partial charge is 0.496 e. The highest BCUT2D eigenvalue weighted by atomic mass is 32.2. The number of benzene rings is 1. The average Bonchev–Trinajstić information content (AvgIpc) is 3.01. The maximum Gasteiger partial charge on any atom is 0.239 e. The Balaban J connectivity index is 1.79. The van der Waals surface area contributed by atoms with Crippen LogP contribution in [0.5, 0.6) is 5.75 Å². The Morgan fingerprint density at radius 3 is 2.62 bits per heavy atom. The first kappa shape index (κ1) is 16.3. The SMILES string of the molecule is COc1ccnc2c1cc1ccnc(NS(=O)(=O)Cc3ccccc3)n12. The zero-order valence-corrected chi connectivity index (χ0v) is 14.8. The van der Waals surface area contributed by atoms with Crippen LogP contribution < -0.4 is 9.46 Å². The van der Waals surface area contributed by atoms with Gasteiger partial charge in [0.2, 0.25) is 16.0 Å². The second kappa shape index (κ2) is 6.30. The lowest BCUT2D eigenvalue weighted by molar-refractivity contribution is 0.419. The van der Waals surface area contributed by atoms with E-state index in [0.717, 1.165) is 10.9 Å². The summed E-state index contributed by atoms with van der Waals surface area (Å²) in [7, 11) is -2.05. The van der Waals surface area contributed by atoms with E-state index >= 15 is 0 Å². The van der Waals surface area contributed by atoms with Crippen LogP contribution in [0.4, 0.5) is 5.95 Å². The smallest absolute Gasteiger partial charge is 0.239 e. The van der Waals surface area contributed by atoms with Gasteiger partial charge in [0.05, 0.1) is 23.8 Å². The van der Waals surface area contributed by atoms with Crippen LogP contribution >= 0.6 is 0 Å². The lowest BCUT2D eigenvalue weighted by Crippen LogP contribution is -2.18. The Labute approximate surface area is 150 Å². The van der Waals surface area contributed by atoms with E-state index in [2.05, 4.69) is 14.7 Å². The van der Waals surface area contributed by atoms with Crippen molar-refractivity contribution in [2.45, 2.75) is 5.75 Å². The number of hydrogen-bond donors (Lipinski definition) is 1. The lowest BCUT2D eigenvalue weighted by Gasteiger charge is -2.10. The molecular formula is C18H16N4O3S. The van der Waals surface area contributed by atoms with E-state index in [4.69, 9.17) is 4.74 Å². The highest BCUT2D eigenvalue weighted by Crippen LogP contribution is 2.29. The van der Waals surface area contributed by atoms with Crippen LogP contribution in [0, 0.1) is 0 Å². The molecule has 8 heteroatoms. The monoisotopic (exact) mass is 368 g/mol. The highest BCUT2D eigenvalue weighted by molar-refractivity contribution is 7.91. The summed E-state index contributed by atoms with van der Waals surface area (Å²) >= 11 is 0. The zero-order valence-electron chi connectivity index (χ0n) is 14.0. The van der Waals surface area contributed by atoms with Crippen LogP contribution in [0.25, 0.3) is 16.6 Å². The number of methoxy groups -OCH3 is 1. The molecule has 4 aromatic rings. The standard InChI is InChI=1S/C18H16N4O3S/c1-25-16-8-10-19-17-15(16)11-14-7-9-20-18(22(14)17)21-26(23,24)12-13-5-3-2-4-6-13/h2-11H,12H2,1H3,(H,20,21). The van der Waals surface area contributed by atoms with Crippen molar-refractivity contribution < 1.29 is 13.2 Å². The van der Waals surface area contributed by atoms with E-state index in [9.17, 15) is 8.42 Å². The van der Waals surface area contributed by atoms with Crippen molar-refractivity contribution in [2.24, 2.45) is 0 Å². The van der Waals surface area contributed by atoms with Crippen molar-refractivity contribution in [3.63, 3.8) is 0 Å². The van der Waals surface area contributed by atoms with Crippen molar-refractivity contribution in [1.82, 2.24) is 14.4 Å². The number of anilines is 1. The molecule has 3 aromatic heterocycles. The number of nitrogens with one attached hydrogen (secondary N) is 1. The molecule has 0 aliphatic rings. The van der Waals surface area contributed by atoms with Crippen molar-refractivity contribution in [3.8, 4) is 5.75 Å². The first-order chi connectivity index (χ1) is 12.6. The molecule has 1 N–H and O–H groups in total. The Morgan fingerprint density at radius 1 is 1.08 bits per heavy atom. The molecule has 0 amide bonds. The van der Waals surface area contributed by atoms with Gasteiger partial charge in [-0.25, -0.2) is 18.4 Å². The third-order valence-electron chi connectivity index (χ3n) is 4.01. The van der Waals surface area contributed by atoms with Crippen molar-refractivity contribution in [2.75, 3.05) is 11.8 Å². The van der Waals surface area contributed by atoms with E-state index in [1.54, 1.807) is 60.3 Å². The highest BCUT2D eigenvalue weighted by Gasteiger charge is 2.17. The summed E-state index contributed by atoms with van der Waals surface area (Å²) in [5.74, 6) is 0.716. The maximum absolute atomic E-state index is 12.6. The fourth-order valence-corrected chi connectivity index (χ4v) is 4.03. The number of aromatic nitrogens is 3. The molecule has 26 heavy (non-hydrogen) atoms. The minimum absolute atomic E-state index is 0.137. The molecule has 4 rings (SSSR count). The Hall–Kier alpha value is -3.13. The topological polar surface area (TPSA) is 85.6 Å². The first-order valence-electron chi connectivity index (χ1n) is 7.91. The number of nitrogens with zero attached hydrogens (tertiary/aromatic N) is 3. The van der Waals surface area contributed by atoms with Gasteiger partial charge in [0.15, 0.2) is 5.65 Å². The molecular weight excluding hydrogens is 352 g/mol. The zero-order chi connectivity index (χ0) is 18.1. The summed E-state index contributed by atoms with van der Waals surface area (Å²) in [4.78, 5) is 8.56. The summed E-state index contributed by atoms with van der Waals surface area (Å²) < 4.78 is 34.8. The molecule has 0 fully saturated rings. The molecule has 0 atom stereocenters. The summed E-state index contributed by atoms with van der Waals surface area (Å²) in [6.07, 6.45) is 3.17. The molecule has 0 aliphatic heterocycles. The first-order valence-corrected chi connectivity index (χ1v) is 9.56. The molecule has 0 unspecified atom stereocenters. The normalized spacial score (nSPS) is 11.7. The van der Waals surface area contributed by atoms with Crippen LogP contribution in [-0.4, -0.2) is 29.9 Å². The molecule has 0 radical (unpaired) electrons. The fraction of sp³-hybridized carbons (Fsp3) is 0.111. The predicted octanol–water partition coefficient (Wildman–Crippen LogP) is 2.83. The quantitative estimate of drug-likeness (QED) is 0.585. The Morgan fingerprint density at radius 2 is 1.85 bits per heavy atom. The number of ether oxygens (including phenoxy) is 1. The number of fused-ring (bicyclic) bond motifs is 3.